The molecule has 2 aromatic carbocycles. The zero-order valence-electron chi connectivity index (χ0n) is 15.5. The smallest absolute Gasteiger partial charge is 0.270 e. The van der Waals surface area contributed by atoms with E-state index >= 15 is 0 Å². The molecular weight excluding hydrogens is 414 g/mol. The van der Waals surface area contributed by atoms with E-state index in [4.69, 9.17) is 5.73 Å². The van der Waals surface area contributed by atoms with Gasteiger partial charge in [-0.15, -0.1) is 24.2 Å². The van der Waals surface area contributed by atoms with Crippen molar-refractivity contribution in [1.29, 1.82) is 0 Å². The molecule has 0 saturated carbocycles. The molecule has 0 fully saturated rings. The van der Waals surface area contributed by atoms with Gasteiger partial charge in [-0.2, -0.15) is 0 Å². The van der Waals surface area contributed by atoms with Crippen LogP contribution in [0.2, 0.25) is 0 Å². The van der Waals surface area contributed by atoms with Gasteiger partial charge in [0.15, 0.2) is 5.78 Å². The monoisotopic (exact) mass is 431 g/mol. The van der Waals surface area contributed by atoms with Crippen LogP contribution < -0.4 is 11.3 Å². The Morgan fingerprint density at radius 1 is 1.10 bits per heavy atom. The molecule has 0 spiro atoms. The molecule has 7 nitrogen and oxygen atoms in total. The Hall–Kier alpha value is -2.68. The number of nitrogens with two attached hydrogens (primary N) is 1. The number of benzene rings is 2. The van der Waals surface area contributed by atoms with Crippen LogP contribution in [0.1, 0.15) is 22.3 Å². The second-order valence-electron chi connectivity index (χ2n) is 6.55. The van der Waals surface area contributed by atoms with E-state index in [1.807, 2.05) is 24.5 Å². The second-order valence-corrected chi connectivity index (χ2v) is 7.43. The summed E-state index contributed by atoms with van der Waals surface area (Å²) in [7, 11) is 0. The second kappa shape index (κ2) is 7.98. The molecule has 0 radical (unpaired) electrons. The predicted molar refractivity (Wildman–Crippen MR) is 116 cm³/mol. The van der Waals surface area contributed by atoms with E-state index in [2.05, 4.69) is 0 Å². The van der Waals surface area contributed by atoms with Gasteiger partial charge in [0, 0.05) is 40.1 Å². The van der Waals surface area contributed by atoms with Crippen LogP contribution in [0, 0.1) is 10.1 Å². The third kappa shape index (κ3) is 3.23. The summed E-state index contributed by atoms with van der Waals surface area (Å²) in [6.07, 6.45) is 2.49. The van der Waals surface area contributed by atoms with E-state index in [9.17, 15) is 19.7 Å². The van der Waals surface area contributed by atoms with Crippen LogP contribution >= 0.6 is 24.2 Å². The highest BCUT2D eigenvalue weighted by molar-refractivity contribution is 7.98. The van der Waals surface area contributed by atoms with Crippen LogP contribution in [-0.4, -0.2) is 28.1 Å². The molecule has 4 rings (SSSR count). The molecule has 9 heteroatoms. The van der Waals surface area contributed by atoms with Crippen LogP contribution in [0.15, 0.2) is 46.1 Å². The van der Waals surface area contributed by atoms with Gasteiger partial charge in [-0.1, -0.05) is 6.07 Å². The normalized spacial score (nSPS) is 11.9. The van der Waals surface area contributed by atoms with Crippen molar-refractivity contribution in [3.05, 3.63) is 68.0 Å². The highest BCUT2D eigenvalue weighted by Crippen LogP contribution is 2.41. The molecule has 1 aromatic heterocycles. The number of hydrogen-bond donors (Lipinski definition) is 1. The fraction of sp³-hybridized carbons (Fsp3) is 0.200. The highest BCUT2D eigenvalue weighted by atomic mass is 35.5. The first-order valence-electron chi connectivity index (χ1n) is 8.76. The third-order valence-electron chi connectivity index (χ3n) is 5.00. The standard InChI is InChI=1S/C20H17N3O4S.ClH/c1-28-12-4-6-14-15(10-12)19(24)17-13-5-3-11(23(26)27)9-16(13)20(25)22(18(14)17)8-2-7-21;/h3-6,9-10H,2,7-8,21H2,1H3;1H. The molecule has 150 valence electrons. The molecule has 1 heterocycles. The van der Waals surface area contributed by atoms with Crippen molar-refractivity contribution in [2.45, 2.75) is 17.9 Å². The van der Waals surface area contributed by atoms with Gasteiger partial charge in [-0.05, 0) is 37.4 Å². The van der Waals surface area contributed by atoms with Gasteiger partial charge in [-0.25, -0.2) is 0 Å². The van der Waals surface area contributed by atoms with E-state index in [-0.39, 0.29) is 34.8 Å². The van der Waals surface area contributed by atoms with Gasteiger partial charge in [0.2, 0.25) is 0 Å². The lowest BCUT2D eigenvalue weighted by Crippen LogP contribution is -2.24. The maximum Gasteiger partial charge on any atom is 0.270 e. The lowest BCUT2D eigenvalue weighted by atomic mass is 10.0. The maximum atomic E-state index is 13.2. The molecule has 0 saturated heterocycles. The Balaban J connectivity index is 0.00000240. The molecule has 0 unspecified atom stereocenters. The first-order valence-corrected chi connectivity index (χ1v) is 9.98. The van der Waals surface area contributed by atoms with E-state index in [0.717, 1.165) is 4.90 Å². The number of aromatic nitrogens is 1. The Morgan fingerprint density at radius 2 is 1.86 bits per heavy atom. The number of carbonyl (C=O) groups excluding carboxylic acids is 1. The number of non-ortho nitro benzene ring substituents is 1. The minimum atomic E-state index is -0.544. The Morgan fingerprint density at radius 3 is 2.52 bits per heavy atom. The summed E-state index contributed by atoms with van der Waals surface area (Å²) in [5, 5.41) is 11.8. The fourth-order valence-electron chi connectivity index (χ4n) is 3.70. The molecule has 0 bridgehead atoms. The first-order chi connectivity index (χ1) is 13.5. The summed E-state index contributed by atoms with van der Waals surface area (Å²) < 4.78 is 1.54. The van der Waals surface area contributed by atoms with E-state index in [1.54, 1.807) is 0 Å². The molecule has 2 N–H and O–H groups in total. The van der Waals surface area contributed by atoms with Crippen LogP contribution in [0.3, 0.4) is 0 Å². The van der Waals surface area contributed by atoms with E-state index < -0.39 is 4.92 Å². The molecule has 0 atom stereocenters. The molecule has 3 aromatic rings. The molecule has 1 aliphatic carbocycles. The topological polar surface area (TPSA) is 108 Å². The van der Waals surface area contributed by atoms with Crippen LogP contribution in [0.4, 0.5) is 5.69 Å². The summed E-state index contributed by atoms with van der Waals surface area (Å²) in [5.74, 6) is -0.166. The highest BCUT2D eigenvalue weighted by Gasteiger charge is 2.33. The summed E-state index contributed by atoms with van der Waals surface area (Å²) in [4.78, 5) is 38.0. The van der Waals surface area contributed by atoms with Crippen molar-refractivity contribution in [3.63, 3.8) is 0 Å². The Bertz CT molecular complexity index is 1220. The van der Waals surface area contributed by atoms with Gasteiger partial charge in [-0.3, -0.25) is 19.7 Å². The summed E-state index contributed by atoms with van der Waals surface area (Å²) >= 11 is 1.53. The minimum Gasteiger partial charge on any atom is -0.330 e. The van der Waals surface area contributed by atoms with Crippen LogP contribution in [-0.2, 0) is 6.54 Å². The number of thioether (sulfide) groups is 1. The summed E-state index contributed by atoms with van der Waals surface area (Å²) in [6.45, 7) is 0.730. The summed E-state index contributed by atoms with van der Waals surface area (Å²) in [6, 6.07) is 9.69. The van der Waals surface area contributed by atoms with Crippen molar-refractivity contribution < 1.29 is 9.72 Å². The lowest BCUT2D eigenvalue weighted by Gasteiger charge is -2.14. The number of hydrogen-bond acceptors (Lipinski definition) is 6. The molecule has 0 aliphatic heterocycles. The number of ketones is 1. The van der Waals surface area contributed by atoms with Crippen molar-refractivity contribution >= 4 is 46.4 Å². The van der Waals surface area contributed by atoms with Gasteiger partial charge in [0.25, 0.3) is 11.2 Å². The Kier molecular flexibility index (Phi) is 5.79. The van der Waals surface area contributed by atoms with Crippen molar-refractivity contribution in [2.75, 3.05) is 12.8 Å². The average molecular weight is 432 g/mol. The van der Waals surface area contributed by atoms with E-state index in [1.165, 1.54) is 34.5 Å². The molecule has 1 aliphatic rings. The first kappa shape index (κ1) is 21.0. The van der Waals surface area contributed by atoms with Crippen molar-refractivity contribution in [3.8, 4) is 11.3 Å². The number of carbonyl (C=O) groups is 1. The number of fused-ring (bicyclic) bond motifs is 5. The Labute approximate surface area is 176 Å². The quantitative estimate of drug-likeness (QED) is 0.294. The number of rotatable bonds is 5. The number of pyridine rings is 1. The lowest BCUT2D eigenvalue weighted by molar-refractivity contribution is -0.384. The summed E-state index contributed by atoms with van der Waals surface area (Å²) in [5.41, 5.74) is 7.38. The number of nitro benzene ring substituents is 1. The van der Waals surface area contributed by atoms with Gasteiger partial charge < -0.3 is 10.3 Å². The largest absolute Gasteiger partial charge is 0.330 e. The number of nitrogens with zero attached hydrogens (tertiary/aromatic N) is 2. The number of halogens is 1. The average Bonchev–Trinajstić information content (AvgIpc) is 2.99. The zero-order valence-corrected chi connectivity index (χ0v) is 17.1. The fourth-order valence-corrected chi connectivity index (χ4v) is 4.14. The van der Waals surface area contributed by atoms with Crippen molar-refractivity contribution in [2.24, 2.45) is 5.73 Å². The predicted octanol–water partition coefficient (Wildman–Crippen LogP) is 3.61. The third-order valence-corrected chi connectivity index (χ3v) is 5.73. The molecule has 0 amide bonds. The minimum absolute atomic E-state index is 0. The van der Waals surface area contributed by atoms with Gasteiger partial charge in [0.1, 0.15) is 0 Å². The number of nitro groups is 1. The van der Waals surface area contributed by atoms with Gasteiger partial charge in [0.05, 0.1) is 21.6 Å². The van der Waals surface area contributed by atoms with Crippen LogP contribution in [0.5, 0.6) is 0 Å². The van der Waals surface area contributed by atoms with Crippen molar-refractivity contribution in [1.82, 2.24) is 4.57 Å². The SMILES string of the molecule is CSc1ccc2c(c1)C(=O)c1c-2n(CCCN)c(=O)c2cc([N+](=O)[O-])ccc12.Cl. The van der Waals surface area contributed by atoms with Gasteiger partial charge >= 0.3 is 0 Å². The maximum absolute atomic E-state index is 13.2. The molecular formula is C20H18ClN3O4S. The van der Waals surface area contributed by atoms with Crippen LogP contribution in [0.25, 0.3) is 22.0 Å². The molecule has 29 heavy (non-hydrogen) atoms. The zero-order chi connectivity index (χ0) is 20.0. The van der Waals surface area contributed by atoms with E-state index in [0.29, 0.717) is 47.3 Å².